The van der Waals surface area contributed by atoms with E-state index < -0.39 is 0 Å². The summed E-state index contributed by atoms with van der Waals surface area (Å²) < 4.78 is 6.48. The molecule has 2 rings (SSSR count). The monoisotopic (exact) mass is 370 g/mol. The number of halogens is 1. The van der Waals surface area contributed by atoms with Crippen molar-refractivity contribution in [2.45, 2.75) is 37.9 Å². The number of hydrogen-bond donors (Lipinski definition) is 1. The van der Waals surface area contributed by atoms with Gasteiger partial charge < -0.3 is 10.1 Å². The van der Waals surface area contributed by atoms with Crippen LogP contribution in [0.5, 0.6) is 5.75 Å². The molecule has 0 radical (unpaired) electrons. The highest BCUT2D eigenvalue weighted by atomic mass is 79.9. The van der Waals surface area contributed by atoms with Crippen LogP contribution in [0.4, 0.5) is 5.13 Å². The molecule has 1 amide bonds. The fourth-order valence-corrected chi connectivity index (χ4v) is 3.25. The first-order chi connectivity index (χ1) is 10.1. The van der Waals surface area contributed by atoms with Gasteiger partial charge in [0.25, 0.3) is 0 Å². The normalized spacial score (nSPS) is 12.3. The number of rotatable bonds is 7. The van der Waals surface area contributed by atoms with Gasteiger partial charge in [-0.05, 0) is 31.5 Å². The third-order valence-electron chi connectivity index (χ3n) is 3.00. The van der Waals surface area contributed by atoms with Gasteiger partial charge in [0.1, 0.15) is 5.75 Å². The zero-order chi connectivity index (χ0) is 15.2. The number of amides is 1. The van der Waals surface area contributed by atoms with Crippen molar-refractivity contribution in [1.82, 2.24) is 4.98 Å². The summed E-state index contributed by atoms with van der Waals surface area (Å²) in [6, 6.07) is 5.76. The van der Waals surface area contributed by atoms with E-state index in [1.807, 2.05) is 25.1 Å². The third kappa shape index (κ3) is 4.41. The minimum atomic E-state index is -0.163. The number of carbonyl (C=O) groups is 1. The number of alkyl halides is 1. The molecule has 0 saturated carbocycles. The van der Waals surface area contributed by atoms with Crippen LogP contribution in [-0.2, 0) is 4.79 Å². The van der Waals surface area contributed by atoms with Gasteiger partial charge in [-0.2, -0.15) is 0 Å². The predicted molar refractivity (Wildman–Crippen MR) is 91.7 cm³/mol. The Labute approximate surface area is 137 Å². The molecule has 0 fully saturated rings. The second-order valence-electron chi connectivity index (χ2n) is 4.68. The largest absolute Gasteiger partial charge is 0.494 e. The number of ether oxygens (including phenoxy) is 1. The van der Waals surface area contributed by atoms with Crippen molar-refractivity contribution in [2.75, 3.05) is 11.9 Å². The number of unbranched alkanes of at least 4 members (excludes halogenated alkanes) is 1. The van der Waals surface area contributed by atoms with Gasteiger partial charge in [0.2, 0.25) is 5.91 Å². The van der Waals surface area contributed by atoms with Crippen LogP contribution in [0.1, 0.15) is 33.1 Å². The first-order valence-corrected chi connectivity index (χ1v) is 8.85. The van der Waals surface area contributed by atoms with Crippen molar-refractivity contribution in [3.63, 3.8) is 0 Å². The lowest BCUT2D eigenvalue weighted by Gasteiger charge is -2.07. The average Bonchev–Trinajstić information content (AvgIpc) is 2.86. The smallest absolute Gasteiger partial charge is 0.239 e. The predicted octanol–water partition coefficient (Wildman–Crippen LogP) is 4.59. The van der Waals surface area contributed by atoms with Crippen molar-refractivity contribution >= 4 is 48.5 Å². The summed E-state index contributed by atoms with van der Waals surface area (Å²) in [4.78, 5) is 16.3. The minimum Gasteiger partial charge on any atom is -0.494 e. The Morgan fingerprint density at radius 1 is 1.48 bits per heavy atom. The first kappa shape index (κ1) is 16.2. The van der Waals surface area contributed by atoms with E-state index in [1.165, 1.54) is 11.3 Å². The van der Waals surface area contributed by atoms with Crippen molar-refractivity contribution < 1.29 is 9.53 Å². The van der Waals surface area contributed by atoms with Gasteiger partial charge in [0.15, 0.2) is 5.13 Å². The highest BCUT2D eigenvalue weighted by Gasteiger charge is 2.16. The molecule has 1 N–H and O–H groups in total. The van der Waals surface area contributed by atoms with E-state index in [2.05, 4.69) is 33.2 Å². The number of benzene rings is 1. The maximum atomic E-state index is 12.0. The quantitative estimate of drug-likeness (QED) is 0.725. The molecule has 1 aromatic carbocycles. The first-order valence-electron chi connectivity index (χ1n) is 7.12. The molecule has 0 unspecified atom stereocenters. The zero-order valence-corrected chi connectivity index (χ0v) is 14.6. The second-order valence-corrected chi connectivity index (χ2v) is 6.82. The molecule has 1 aromatic heterocycles. The van der Waals surface area contributed by atoms with Crippen LogP contribution in [0.25, 0.3) is 10.2 Å². The van der Waals surface area contributed by atoms with Gasteiger partial charge >= 0.3 is 0 Å². The lowest BCUT2D eigenvalue weighted by atomic mass is 10.2. The van der Waals surface area contributed by atoms with Crippen LogP contribution in [0.15, 0.2) is 18.2 Å². The van der Waals surface area contributed by atoms with Crippen LogP contribution < -0.4 is 10.1 Å². The summed E-state index contributed by atoms with van der Waals surface area (Å²) in [6.45, 7) is 4.70. The fraction of sp³-hybridized carbons (Fsp3) is 0.467. The Balaban J connectivity index is 2.06. The number of thiazole rings is 1. The number of aromatic nitrogens is 1. The minimum absolute atomic E-state index is 0.0347. The van der Waals surface area contributed by atoms with E-state index in [9.17, 15) is 4.79 Å². The number of anilines is 1. The Morgan fingerprint density at radius 2 is 2.29 bits per heavy atom. The Hall–Kier alpha value is -1.14. The number of hydrogen-bond acceptors (Lipinski definition) is 4. The molecule has 6 heteroatoms. The molecular weight excluding hydrogens is 352 g/mol. The second kappa shape index (κ2) is 7.75. The molecule has 0 aliphatic rings. The van der Waals surface area contributed by atoms with Gasteiger partial charge in [-0.1, -0.05) is 47.0 Å². The summed E-state index contributed by atoms with van der Waals surface area (Å²) in [7, 11) is 0. The molecule has 0 bridgehead atoms. The molecule has 0 aliphatic heterocycles. The van der Waals surface area contributed by atoms with E-state index in [-0.39, 0.29) is 10.7 Å². The third-order valence-corrected chi connectivity index (χ3v) is 4.80. The number of fused-ring (bicyclic) bond motifs is 1. The molecule has 0 spiro atoms. The van der Waals surface area contributed by atoms with Gasteiger partial charge in [-0.25, -0.2) is 4.98 Å². The van der Waals surface area contributed by atoms with Crippen LogP contribution in [0.2, 0.25) is 0 Å². The molecule has 114 valence electrons. The maximum absolute atomic E-state index is 12.0. The van der Waals surface area contributed by atoms with E-state index in [1.54, 1.807) is 0 Å². The Morgan fingerprint density at radius 3 is 3.00 bits per heavy atom. The summed E-state index contributed by atoms with van der Waals surface area (Å²) in [6.07, 6.45) is 2.94. The van der Waals surface area contributed by atoms with Crippen LogP contribution in [0.3, 0.4) is 0 Å². The van der Waals surface area contributed by atoms with Crippen molar-refractivity contribution in [3.8, 4) is 5.75 Å². The molecule has 1 atom stereocenters. The zero-order valence-electron chi connectivity index (χ0n) is 12.2. The topological polar surface area (TPSA) is 51.2 Å². The lowest BCUT2D eigenvalue weighted by Crippen LogP contribution is -2.22. The van der Waals surface area contributed by atoms with Crippen molar-refractivity contribution in [2.24, 2.45) is 0 Å². The molecule has 21 heavy (non-hydrogen) atoms. The fourth-order valence-electron chi connectivity index (χ4n) is 1.91. The summed E-state index contributed by atoms with van der Waals surface area (Å²) in [5.74, 6) is 0.792. The van der Waals surface area contributed by atoms with Gasteiger partial charge in [-0.15, -0.1) is 0 Å². The van der Waals surface area contributed by atoms with Gasteiger partial charge in [0, 0.05) is 0 Å². The number of nitrogens with zero attached hydrogens (tertiary/aromatic N) is 1. The number of carbonyl (C=O) groups excluding carboxylic acids is 1. The highest BCUT2D eigenvalue weighted by Crippen LogP contribution is 2.29. The van der Waals surface area contributed by atoms with Crippen LogP contribution in [-0.4, -0.2) is 22.3 Å². The maximum Gasteiger partial charge on any atom is 0.239 e. The molecule has 2 aromatic rings. The number of nitrogens with one attached hydrogen (secondary N) is 1. The molecule has 0 aliphatic carbocycles. The van der Waals surface area contributed by atoms with Gasteiger partial charge in [-0.3, -0.25) is 4.79 Å². The van der Waals surface area contributed by atoms with Crippen LogP contribution >= 0.6 is 27.3 Å². The van der Waals surface area contributed by atoms with E-state index in [4.69, 9.17) is 4.74 Å². The van der Waals surface area contributed by atoms with E-state index >= 15 is 0 Å². The summed E-state index contributed by atoms with van der Waals surface area (Å²) in [5, 5.41) is 3.50. The average molecular weight is 371 g/mol. The highest BCUT2D eigenvalue weighted by molar-refractivity contribution is 9.10. The van der Waals surface area contributed by atoms with Gasteiger partial charge in [0.05, 0.1) is 21.7 Å². The molecule has 4 nitrogen and oxygen atoms in total. The summed E-state index contributed by atoms with van der Waals surface area (Å²) >= 11 is 4.89. The Kier molecular flexibility index (Phi) is 5.99. The SMILES string of the molecule is CCCC[C@H](Br)C(=O)Nc1nc2ccc(OCC)cc2s1. The standard InChI is InChI=1S/C15H19BrN2O2S/c1-3-5-6-11(16)14(19)18-15-17-12-8-7-10(20-4-2)9-13(12)21-15/h7-9,11H,3-6H2,1-2H3,(H,17,18,19)/t11-/m0/s1. The van der Waals surface area contributed by atoms with E-state index in [0.717, 1.165) is 35.2 Å². The van der Waals surface area contributed by atoms with Crippen LogP contribution in [0, 0.1) is 0 Å². The van der Waals surface area contributed by atoms with Crippen molar-refractivity contribution in [3.05, 3.63) is 18.2 Å². The van der Waals surface area contributed by atoms with E-state index in [0.29, 0.717) is 11.7 Å². The molecule has 1 heterocycles. The molecular formula is C15H19BrN2O2S. The Bertz CT molecular complexity index is 615. The summed E-state index contributed by atoms with van der Waals surface area (Å²) in [5.41, 5.74) is 0.874. The lowest BCUT2D eigenvalue weighted by molar-refractivity contribution is -0.115. The molecule has 0 saturated heterocycles. The van der Waals surface area contributed by atoms with Crippen molar-refractivity contribution in [1.29, 1.82) is 0 Å².